The lowest BCUT2D eigenvalue weighted by Crippen LogP contribution is -2.49. The standard InChI is InChI=1S/C26H29N3O2/c1-20(21-7-9-23(10-8-21)22-5-3-2-4-6-22)27-26(31)19-28-15-17-29(18-16-28)24-11-13-25(30)14-12-24/h2-14,20,30H,15-19H2,1H3,(H,27,31)/t20-/m1/s1. The van der Waals surface area contributed by atoms with Crippen LogP contribution < -0.4 is 10.2 Å². The molecule has 1 aliphatic rings. The maximum absolute atomic E-state index is 12.6. The summed E-state index contributed by atoms with van der Waals surface area (Å²) >= 11 is 0. The Morgan fingerprint density at radius 1 is 0.871 bits per heavy atom. The van der Waals surface area contributed by atoms with Gasteiger partial charge in [0.05, 0.1) is 12.6 Å². The maximum Gasteiger partial charge on any atom is 0.234 e. The van der Waals surface area contributed by atoms with Crippen molar-refractivity contribution in [2.45, 2.75) is 13.0 Å². The molecule has 3 aromatic carbocycles. The van der Waals surface area contributed by atoms with Crippen LogP contribution in [0.25, 0.3) is 11.1 Å². The summed E-state index contributed by atoms with van der Waals surface area (Å²) in [4.78, 5) is 17.1. The van der Waals surface area contributed by atoms with Crippen molar-refractivity contribution in [1.82, 2.24) is 10.2 Å². The summed E-state index contributed by atoms with van der Waals surface area (Å²) < 4.78 is 0. The number of anilines is 1. The van der Waals surface area contributed by atoms with Gasteiger partial charge in [-0.1, -0.05) is 54.6 Å². The normalized spacial score (nSPS) is 15.5. The van der Waals surface area contributed by atoms with Crippen LogP contribution in [0, 0.1) is 0 Å². The third-order valence-corrected chi connectivity index (χ3v) is 5.85. The van der Waals surface area contributed by atoms with Gasteiger partial charge in [0.25, 0.3) is 0 Å². The number of rotatable bonds is 6. The molecule has 5 heteroatoms. The second-order valence-electron chi connectivity index (χ2n) is 8.06. The zero-order valence-electron chi connectivity index (χ0n) is 17.9. The molecule has 1 saturated heterocycles. The van der Waals surface area contributed by atoms with E-state index in [0.29, 0.717) is 6.54 Å². The van der Waals surface area contributed by atoms with E-state index in [1.54, 1.807) is 12.1 Å². The van der Waals surface area contributed by atoms with E-state index >= 15 is 0 Å². The third-order valence-electron chi connectivity index (χ3n) is 5.85. The lowest BCUT2D eigenvalue weighted by molar-refractivity contribution is -0.123. The van der Waals surface area contributed by atoms with Gasteiger partial charge < -0.3 is 15.3 Å². The summed E-state index contributed by atoms with van der Waals surface area (Å²) in [6.07, 6.45) is 0. The predicted octanol–water partition coefficient (Wildman–Crippen LogP) is 4.06. The molecule has 1 aliphatic heterocycles. The molecule has 1 fully saturated rings. The van der Waals surface area contributed by atoms with Crippen molar-refractivity contribution in [3.8, 4) is 16.9 Å². The molecule has 1 amide bonds. The van der Waals surface area contributed by atoms with Crippen LogP contribution in [0.1, 0.15) is 18.5 Å². The van der Waals surface area contributed by atoms with Crippen LogP contribution in [-0.2, 0) is 4.79 Å². The quantitative estimate of drug-likeness (QED) is 0.638. The number of hydrogen-bond acceptors (Lipinski definition) is 4. The molecule has 0 saturated carbocycles. The van der Waals surface area contributed by atoms with Crippen molar-refractivity contribution in [3.63, 3.8) is 0 Å². The smallest absolute Gasteiger partial charge is 0.234 e. The molecule has 3 aromatic rings. The Bertz CT molecular complexity index is 979. The van der Waals surface area contributed by atoms with E-state index in [0.717, 1.165) is 37.4 Å². The fraction of sp³-hybridized carbons (Fsp3) is 0.269. The van der Waals surface area contributed by atoms with Crippen LogP contribution in [0.4, 0.5) is 5.69 Å². The van der Waals surface area contributed by atoms with Crippen LogP contribution in [0.3, 0.4) is 0 Å². The van der Waals surface area contributed by atoms with Gasteiger partial charge in [-0.25, -0.2) is 0 Å². The highest BCUT2D eigenvalue weighted by molar-refractivity contribution is 5.78. The molecular formula is C26H29N3O2. The molecule has 1 heterocycles. The van der Waals surface area contributed by atoms with E-state index in [-0.39, 0.29) is 17.7 Å². The zero-order chi connectivity index (χ0) is 21.6. The van der Waals surface area contributed by atoms with E-state index in [4.69, 9.17) is 0 Å². The number of nitrogens with one attached hydrogen (secondary N) is 1. The molecule has 31 heavy (non-hydrogen) atoms. The maximum atomic E-state index is 12.6. The number of benzene rings is 3. The van der Waals surface area contributed by atoms with E-state index < -0.39 is 0 Å². The van der Waals surface area contributed by atoms with Crippen LogP contribution in [0.2, 0.25) is 0 Å². The van der Waals surface area contributed by atoms with Crippen LogP contribution in [0.15, 0.2) is 78.9 Å². The van der Waals surface area contributed by atoms with Crippen molar-refractivity contribution < 1.29 is 9.90 Å². The first kappa shape index (κ1) is 20.9. The average Bonchev–Trinajstić information content (AvgIpc) is 2.81. The summed E-state index contributed by atoms with van der Waals surface area (Å²) in [5.74, 6) is 0.334. The highest BCUT2D eigenvalue weighted by Crippen LogP contribution is 2.22. The molecule has 0 bridgehead atoms. The topological polar surface area (TPSA) is 55.8 Å². The number of phenolic OH excluding ortho intramolecular Hbond substituents is 1. The van der Waals surface area contributed by atoms with Gasteiger partial charge in [0.2, 0.25) is 5.91 Å². The number of nitrogens with zero attached hydrogens (tertiary/aromatic N) is 2. The fourth-order valence-electron chi connectivity index (χ4n) is 4.00. The van der Waals surface area contributed by atoms with Crippen molar-refractivity contribution in [2.75, 3.05) is 37.6 Å². The molecule has 160 valence electrons. The SMILES string of the molecule is C[C@@H](NC(=O)CN1CCN(c2ccc(O)cc2)CC1)c1ccc(-c2ccccc2)cc1. The van der Waals surface area contributed by atoms with Crippen LogP contribution in [-0.4, -0.2) is 48.6 Å². The van der Waals surface area contributed by atoms with E-state index in [1.807, 2.05) is 37.3 Å². The summed E-state index contributed by atoms with van der Waals surface area (Å²) in [7, 11) is 0. The molecule has 0 aliphatic carbocycles. The minimum Gasteiger partial charge on any atom is -0.508 e. The van der Waals surface area contributed by atoms with Gasteiger partial charge in [0.15, 0.2) is 0 Å². The van der Waals surface area contributed by atoms with Gasteiger partial charge >= 0.3 is 0 Å². The van der Waals surface area contributed by atoms with Crippen LogP contribution >= 0.6 is 0 Å². The van der Waals surface area contributed by atoms with E-state index in [9.17, 15) is 9.90 Å². The van der Waals surface area contributed by atoms with Gasteiger partial charge in [-0.15, -0.1) is 0 Å². The molecule has 2 N–H and O–H groups in total. The molecule has 1 atom stereocenters. The summed E-state index contributed by atoms with van der Waals surface area (Å²) in [5.41, 5.74) is 4.58. The predicted molar refractivity (Wildman–Crippen MR) is 125 cm³/mol. The summed E-state index contributed by atoms with van der Waals surface area (Å²) in [6.45, 7) is 5.86. The van der Waals surface area contributed by atoms with E-state index in [2.05, 4.69) is 51.5 Å². The number of piperazine rings is 1. The Balaban J connectivity index is 1.25. The molecule has 0 unspecified atom stereocenters. The largest absolute Gasteiger partial charge is 0.508 e. The molecular weight excluding hydrogens is 386 g/mol. The van der Waals surface area contributed by atoms with Gasteiger partial charge in [0, 0.05) is 31.9 Å². The Kier molecular flexibility index (Phi) is 6.53. The summed E-state index contributed by atoms with van der Waals surface area (Å²) in [6, 6.07) is 25.9. The number of carbonyl (C=O) groups is 1. The Labute approximate surface area is 183 Å². The Morgan fingerprint density at radius 2 is 1.48 bits per heavy atom. The zero-order valence-corrected chi connectivity index (χ0v) is 17.9. The number of hydrogen-bond donors (Lipinski definition) is 2. The minimum absolute atomic E-state index is 0.0318. The fourth-order valence-corrected chi connectivity index (χ4v) is 4.00. The molecule has 5 nitrogen and oxygen atoms in total. The Hall–Kier alpha value is -3.31. The van der Waals surface area contributed by atoms with Gasteiger partial charge in [-0.05, 0) is 47.9 Å². The number of carbonyl (C=O) groups excluding carboxylic acids is 1. The lowest BCUT2D eigenvalue weighted by Gasteiger charge is -2.35. The highest BCUT2D eigenvalue weighted by Gasteiger charge is 2.20. The molecule has 0 radical (unpaired) electrons. The monoisotopic (exact) mass is 415 g/mol. The first-order chi connectivity index (χ1) is 15.1. The van der Waals surface area contributed by atoms with Gasteiger partial charge in [0.1, 0.15) is 5.75 Å². The van der Waals surface area contributed by atoms with Crippen molar-refractivity contribution in [3.05, 3.63) is 84.4 Å². The van der Waals surface area contributed by atoms with Crippen molar-refractivity contribution in [2.24, 2.45) is 0 Å². The molecule has 4 rings (SSSR count). The van der Waals surface area contributed by atoms with Crippen LogP contribution in [0.5, 0.6) is 5.75 Å². The minimum atomic E-state index is -0.0318. The molecule has 0 aromatic heterocycles. The summed E-state index contributed by atoms with van der Waals surface area (Å²) in [5, 5.41) is 12.6. The van der Waals surface area contributed by atoms with Gasteiger partial charge in [-0.3, -0.25) is 9.69 Å². The third kappa shape index (κ3) is 5.44. The Morgan fingerprint density at radius 3 is 2.13 bits per heavy atom. The van der Waals surface area contributed by atoms with E-state index in [1.165, 1.54) is 11.1 Å². The van der Waals surface area contributed by atoms with Crippen molar-refractivity contribution in [1.29, 1.82) is 0 Å². The second kappa shape index (κ2) is 9.67. The number of aromatic hydroxyl groups is 1. The first-order valence-corrected chi connectivity index (χ1v) is 10.8. The number of amides is 1. The lowest BCUT2D eigenvalue weighted by atomic mass is 10.0. The highest BCUT2D eigenvalue weighted by atomic mass is 16.3. The molecule has 0 spiro atoms. The number of phenols is 1. The first-order valence-electron chi connectivity index (χ1n) is 10.8. The average molecular weight is 416 g/mol. The van der Waals surface area contributed by atoms with Crippen molar-refractivity contribution >= 4 is 11.6 Å². The second-order valence-corrected chi connectivity index (χ2v) is 8.06. The van der Waals surface area contributed by atoms with Gasteiger partial charge in [-0.2, -0.15) is 0 Å².